The summed E-state index contributed by atoms with van der Waals surface area (Å²) in [6, 6.07) is 14.5. The van der Waals surface area contributed by atoms with Crippen LogP contribution in [-0.4, -0.2) is 32.8 Å². The Hall–Kier alpha value is -2.62. The molecular weight excluding hydrogens is 276 g/mol. The first kappa shape index (κ1) is 15.8. The van der Waals surface area contributed by atoms with E-state index < -0.39 is 0 Å². The van der Waals surface area contributed by atoms with E-state index in [0.717, 1.165) is 11.4 Å². The van der Waals surface area contributed by atoms with Crippen LogP contribution in [0.5, 0.6) is 0 Å². The number of benzene rings is 2. The van der Waals surface area contributed by atoms with Crippen LogP contribution < -0.4 is 9.80 Å². The number of hydrogen-bond acceptors (Lipinski definition) is 3. The topological polar surface area (TPSA) is 40.6 Å². The molecule has 0 bridgehead atoms. The highest BCUT2D eigenvalue weighted by Gasteiger charge is 2.13. The zero-order valence-corrected chi connectivity index (χ0v) is 13.3. The molecule has 22 heavy (non-hydrogen) atoms. The van der Waals surface area contributed by atoms with Crippen molar-refractivity contribution in [2.45, 2.75) is 6.92 Å². The van der Waals surface area contributed by atoms with Gasteiger partial charge in [-0.3, -0.25) is 9.59 Å². The largest absolute Gasteiger partial charge is 0.378 e. The summed E-state index contributed by atoms with van der Waals surface area (Å²) in [5.74, 6) is -0.0688. The standard InChI is InChI=1S/C18H20N2O2/c1-13(21)14-5-11-17(12-6-14)20(4)18(22)15-7-9-16(10-8-15)19(2)3/h5-12H,1-4H3. The van der Waals surface area contributed by atoms with E-state index in [1.807, 2.05) is 43.3 Å². The summed E-state index contributed by atoms with van der Waals surface area (Å²) in [5, 5.41) is 0. The molecule has 2 rings (SSSR count). The smallest absolute Gasteiger partial charge is 0.258 e. The second-order valence-corrected chi connectivity index (χ2v) is 5.41. The third kappa shape index (κ3) is 3.34. The third-order valence-corrected chi connectivity index (χ3v) is 3.60. The number of rotatable bonds is 4. The maximum Gasteiger partial charge on any atom is 0.258 e. The number of carbonyl (C=O) groups excluding carboxylic acids is 2. The first-order valence-corrected chi connectivity index (χ1v) is 7.06. The van der Waals surface area contributed by atoms with Crippen molar-refractivity contribution in [1.29, 1.82) is 0 Å². The van der Waals surface area contributed by atoms with Gasteiger partial charge >= 0.3 is 0 Å². The van der Waals surface area contributed by atoms with Crippen molar-refractivity contribution in [3.05, 3.63) is 59.7 Å². The van der Waals surface area contributed by atoms with E-state index in [4.69, 9.17) is 0 Å². The molecule has 2 aromatic carbocycles. The Morgan fingerprint density at radius 3 is 1.64 bits per heavy atom. The van der Waals surface area contributed by atoms with E-state index in [2.05, 4.69) is 0 Å². The zero-order valence-electron chi connectivity index (χ0n) is 13.3. The van der Waals surface area contributed by atoms with E-state index in [1.54, 1.807) is 36.2 Å². The summed E-state index contributed by atoms with van der Waals surface area (Å²) in [6.45, 7) is 1.52. The third-order valence-electron chi connectivity index (χ3n) is 3.60. The average Bonchev–Trinajstić information content (AvgIpc) is 2.53. The molecule has 114 valence electrons. The van der Waals surface area contributed by atoms with Crippen LogP contribution in [0.3, 0.4) is 0 Å². The summed E-state index contributed by atoms with van der Waals surface area (Å²) in [4.78, 5) is 27.3. The molecule has 0 unspecified atom stereocenters. The minimum Gasteiger partial charge on any atom is -0.378 e. The maximum absolute atomic E-state index is 12.5. The maximum atomic E-state index is 12.5. The normalized spacial score (nSPS) is 10.2. The Kier molecular flexibility index (Phi) is 4.61. The minimum absolute atomic E-state index is 0.0137. The van der Waals surface area contributed by atoms with Crippen molar-refractivity contribution >= 4 is 23.1 Å². The van der Waals surface area contributed by atoms with Crippen LogP contribution >= 0.6 is 0 Å². The van der Waals surface area contributed by atoms with Gasteiger partial charge in [-0.25, -0.2) is 0 Å². The molecule has 0 spiro atoms. The van der Waals surface area contributed by atoms with E-state index in [1.165, 1.54) is 6.92 Å². The molecule has 0 aliphatic rings. The van der Waals surface area contributed by atoms with Gasteiger partial charge in [0.25, 0.3) is 5.91 Å². The predicted molar refractivity (Wildman–Crippen MR) is 89.9 cm³/mol. The molecule has 2 aromatic rings. The fraction of sp³-hybridized carbons (Fsp3) is 0.222. The van der Waals surface area contributed by atoms with Crippen molar-refractivity contribution in [1.82, 2.24) is 0 Å². The van der Waals surface area contributed by atoms with Crippen molar-refractivity contribution in [3.8, 4) is 0 Å². The monoisotopic (exact) mass is 296 g/mol. The molecule has 0 fully saturated rings. The summed E-state index contributed by atoms with van der Waals surface area (Å²) >= 11 is 0. The van der Waals surface area contributed by atoms with Gasteiger partial charge in [-0.1, -0.05) is 0 Å². The molecule has 1 amide bonds. The molecule has 0 radical (unpaired) electrons. The van der Waals surface area contributed by atoms with Gasteiger partial charge in [0.1, 0.15) is 0 Å². The summed E-state index contributed by atoms with van der Waals surface area (Å²) in [7, 11) is 5.64. The van der Waals surface area contributed by atoms with Crippen LogP contribution in [-0.2, 0) is 0 Å². The molecule has 0 aliphatic heterocycles. The quantitative estimate of drug-likeness (QED) is 0.813. The summed E-state index contributed by atoms with van der Waals surface area (Å²) < 4.78 is 0. The van der Waals surface area contributed by atoms with E-state index in [0.29, 0.717) is 11.1 Å². The number of anilines is 2. The summed E-state index contributed by atoms with van der Waals surface area (Å²) in [5.41, 5.74) is 3.07. The average molecular weight is 296 g/mol. The van der Waals surface area contributed by atoms with Gasteiger partial charge in [-0.05, 0) is 55.5 Å². The highest BCUT2D eigenvalue weighted by atomic mass is 16.2. The number of hydrogen-bond donors (Lipinski definition) is 0. The van der Waals surface area contributed by atoms with Crippen LogP contribution in [0.25, 0.3) is 0 Å². The molecule has 0 aliphatic carbocycles. The Bertz CT molecular complexity index is 673. The number of carbonyl (C=O) groups is 2. The fourth-order valence-electron chi connectivity index (χ4n) is 2.13. The van der Waals surface area contributed by atoms with Crippen molar-refractivity contribution in [2.75, 3.05) is 30.9 Å². The minimum atomic E-state index is -0.0825. The highest BCUT2D eigenvalue weighted by molar-refractivity contribution is 6.06. The Morgan fingerprint density at radius 1 is 0.727 bits per heavy atom. The van der Waals surface area contributed by atoms with E-state index in [-0.39, 0.29) is 11.7 Å². The predicted octanol–water partition coefficient (Wildman–Crippen LogP) is 3.23. The Balaban J connectivity index is 2.19. The first-order valence-electron chi connectivity index (χ1n) is 7.06. The second-order valence-electron chi connectivity index (χ2n) is 5.41. The number of Topliss-reactive ketones (excluding diaryl/α,β-unsaturated/α-hetero) is 1. The number of ketones is 1. The fourth-order valence-corrected chi connectivity index (χ4v) is 2.13. The van der Waals surface area contributed by atoms with Crippen LogP contribution in [0.2, 0.25) is 0 Å². The lowest BCUT2D eigenvalue weighted by atomic mass is 10.1. The number of amides is 1. The lowest BCUT2D eigenvalue weighted by Gasteiger charge is -2.18. The molecule has 0 saturated carbocycles. The van der Waals surface area contributed by atoms with Crippen molar-refractivity contribution < 1.29 is 9.59 Å². The SMILES string of the molecule is CC(=O)c1ccc(N(C)C(=O)c2ccc(N(C)C)cc2)cc1. The van der Waals surface area contributed by atoms with Crippen LogP contribution in [0, 0.1) is 0 Å². The molecule has 0 N–H and O–H groups in total. The molecule has 4 nitrogen and oxygen atoms in total. The van der Waals surface area contributed by atoms with Crippen LogP contribution in [0.1, 0.15) is 27.6 Å². The van der Waals surface area contributed by atoms with Gasteiger partial charge in [0.05, 0.1) is 0 Å². The first-order chi connectivity index (χ1) is 10.4. The van der Waals surface area contributed by atoms with Gasteiger partial charge in [0.2, 0.25) is 0 Å². The van der Waals surface area contributed by atoms with Gasteiger partial charge < -0.3 is 9.80 Å². The molecule has 0 aromatic heterocycles. The summed E-state index contributed by atoms with van der Waals surface area (Å²) in [6.07, 6.45) is 0. The second kappa shape index (κ2) is 6.43. The van der Waals surface area contributed by atoms with E-state index >= 15 is 0 Å². The van der Waals surface area contributed by atoms with Gasteiger partial charge in [-0.2, -0.15) is 0 Å². The van der Waals surface area contributed by atoms with Gasteiger partial charge in [0.15, 0.2) is 5.78 Å². The van der Waals surface area contributed by atoms with Crippen LogP contribution in [0.15, 0.2) is 48.5 Å². The molecule has 0 saturated heterocycles. The van der Waals surface area contributed by atoms with Crippen molar-refractivity contribution in [3.63, 3.8) is 0 Å². The molecule has 0 atom stereocenters. The molecular formula is C18H20N2O2. The Morgan fingerprint density at radius 2 is 1.18 bits per heavy atom. The van der Waals surface area contributed by atoms with Gasteiger partial charge in [-0.15, -0.1) is 0 Å². The van der Waals surface area contributed by atoms with E-state index in [9.17, 15) is 9.59 Å². The lowest BCUT2D eigenvalue weighted by molar-refractivity contribution is 0.0991. The van der Waals surface area contributed by atoms with Crippen molar-refractivity contribution in [2.24, 2.45) is 0 Å². The Labute approximate surface area is 131 Å². The molecule has 4 heteroatoms. The number of nitrogens with zero attached hydrogens (tertiary/aromatic N) is 2. The van der Waals surface area contributed by atoms with Crippen LogP contribution in [0.4, 0.5) is 11.4 Å². The lowest BCUT2D eigenvalue weighted by Crippen LogP contribution is -2.26. The highest BCUT2D eigenvalue weighted by Crippen LogP contribution is 2.18. The molecule has 0 heterocycles. The van der Waals surface area contributed by atoms with Gasteiger partial charge in [0, 0.05) is 43.6 Å². The zero-order chi connectivity index (χ0) is 16.3.